The van der Waals surface area contributed by atoms with Gasteiger partial charge in [-0.3, -0.25) is 14.4 Å². The molecule has 6 atom stereocenters. The minimum absolute atomic E-state index is 0.153. The summed E-state index contributed by atoms with van der Waals surface area (Å²) in [5.41, 5.74) is 1.20. The van der Waals surface area contributed by atoms with Gasteiger partial charge in [-0.1, -0.05) is 56.3 Å². The fourth-order valence-corrected chi connectivity index (χ4v) is 8.05. The van der Waals surface area contributed by atoms with Crippen LogP contribution in [-0.2, 0) is 19.1 Å². The van der Waals surface area contributed by atoms with E-state index in [-0.39, 0.29) is 43.3 Å². The summed E-state index contributed by atoms with van der Waals surface area (Å²) in [7, 11) is 0. The van der Waals surface area contributed by atoms with Crippen LogP contribution in [0.5, 0.6) is 0 Å². The molecular formula is C37H47N3O5. The van der Waals surface area contributed by atoms with Crippen LogP contribution in [0.25, 0.3) is 0 Å². The Labute approximate surface area is 267 Å². The molecule has 2 aromatic carbocycles. The Morgan fingerprint density at radius 2 is 1.71 bits per heavy atom. The molecule has 3 aliphatic rings. The van der Waals surface area contributed by atoms with Crippen molar-refractivity contribution in [3.8, 4) is 0 Å². The third-order valence-electron chi connectivity index (χ3n) is 9.94. The van der Waals surface area contributed by atoms with Gasteiger partial charge in [-0.25, -0.2) is 0 Å². The topological polar surface area (TPSA) is 90.4 Å². The van der Waals surface area contributed by atoms with Crippen molar-refractivity contribution >= 4 is 29.1 Å². The number of hydrogen-bond acceptors (Lipinski definition) is 5. The molecule has 3 amide bonds. The molecule has 1 N–H and O–H groups in total. The van der Waals surface area contributed by atoms with E-state index in [4.69, 9.17) is 4.74 Å². The van der Waals surface area contributed by atoms with Gasteiger partial charge in [0.1, 0.15) is 11.6 Å². The van der Waals surface area contributed by atoms with Crippen LogP contribution in [0.2, 0.25) is 0 Å². The van der Waals surface area contributed by atoms with Crippen LogP contribution in [0.4, 0.5) is 11.4 Å². The number of benzene rings is 2. The van der Waals surface area contributed by atoms with E-state index < -0.39 is 35.1 Å². The first kappa shape index (κ1) is 32.6. The summed E-state index contributed by atoms with van der Waals surface area (Å²) in [6.45, 7) is 17.9. The van der Waals surface area contributed by atoms with E-state index in [2.05, 4.69) is 13.2 Å². The van der Waals surface area contributed by atoms with Gasteiger partial charge in [-0.05, 0) is 75.3 Å². The van der Waals surface area contributed by atoms with Crippen molar-refractivity contribution in [3.05, 3.63) is 85.0 Å². The summed E-state index contributed by atoms with van der Waals surface area (Å²) >= 11 is 0. The molecule has 5 rings (SSSR count). The molecule has 3 saturated heterocycles. The standard InChI is InChI=1S/C37H47N3O5/c1-8-19-38(27-13-11-10-12-14-27)33(42)30-31-34(43)40(28(23-41)21-24(3)4)32(37(31)18-17-36(30,7)45-37)35(44)39(20-9-2)29-22-25(5)15-16-26(29)6/h8-16,22,24,28,30-32,41H,1-2,17-21,23H2,3-7H3/t28-,30+,31+,32?,36-,37?/m1/s1. The molecule has 1 spiro atoms. The third-order valence-corrected chi connectivity index (χ3v) is 9.94. The van der Waals surface area contributed by atoms with Crippen molar-refractivity contribution in [3.63, 3.8) is 0 Å². The number of fused-ring (bicyclic) bond motifs is 1. The monoisotopic (exact) mass is 613 g/mol. The number of hydrogen-bond donors (Lipinski definition) is 1. The Balaban J connectivity index is 1.66. The van der Waals surface area contributed by atoms with Crippen molar-refractivity contribution < 1.29 is 24.2 Å². The van der Waals surface area contributed by atoms with Gasteiger partial charge < -0.3 is 24.5 Å². The maximum Gasteiger partial charge on any atom is 0.253 e. The van der Waals surface area contributed by atoms with E-state index in [9.17, 15) is 14.7 Å². The van der Waals surface area contributed by atoms with Gasteiger partial charge in [0.05, 0.1) is 30.1 Å². The van der Waals surface area contributed by atoms with Gasteiger partial charge in [0.2, 0.25) is 11.8 Å². The van der Waals surface area contributed by atoms with Crippen molar-refractivity contribution in [1.29, 1.82) is 0 Å². The van der Waals surface area contributed by atoms with Crippen LogP contribution in [0.1, 0.15) is 51.2 Å². The molecule has 45 heavy (non-hydrogen) atoms. The molecular weight excluding hydrogens is 566 g/mol. The number of aryl methyl sites for hydroxylation is 2. The van der Waals surface area contributed by atoms with Crippen molar-refractivity contribution in [2.45, 2.75) is 77.2 Å². The molecule has 3 fully saturated rings. The number of rotatable bonds is 12. The van der Waals surface area contributed by atoms with Crippen molar-refractivity contribution in [2.75, 3.05) is 29.5 Å². The zero-order valence-corrected chi connectivity index (χ0v) is 27.2. The molecule has 8 nitrogen and oxygen atoms in total. The molecule has 240 valence electrons. The van der Waals surface area contributed by atoms with Crippen LogP contribution in [0, 0.1) is 31.6 Å². The van der Waals surface area contributed by atoms with Crippen molar-refractivity contribution in [1.82, 2.24) is 4.90 Å². The lowest BCUT2D eigenvalue weighted by molar-refractivity contribution is -0.148. The number of amides is 3. The lowest BCUT2D eigenvalue weighted by atomic mass is 9.66. The van der Waals surface area contributed by atoms with E-state index in [0.29, 0.717) is 24.9 Å². The van der Waals surface area contributed by atoms with Crippen molar-refractivity contribution in [2.24, 2.45) is 17.8 Å². The van der Waals surface area contributed by atoms with Gasteiger partial charge in [0.25, 0.3) is 5.91 Å². The second kappa shape index (κ2) is 12.6. The summed E-state index contributed by atoms with van der Waals surface area (Å²) in [4.78, 5) is 49.4. The number of para-hydroxylation sites is 1. The maximum atomic E-state index is 15.0. The van der Waals surface area contributed by atoms with Gasteiger partial charge in [-0.15, -0.1) is 13.2 Å². The third kappa shape index (κ3) is 5.42. The highest BCUT2D eigenvalue weighted by molar-refractivity contribution is 6.07. The molecule has 0 saturated carbocycles. The molecule has 2 unspecified atom stereocenters. The fraction of sp³-hybridized carbons (Fsp3) is 0.486. The lowest BCUT2D eigenvalue weighted by Gasteiger charge is -2.40. The first-order chi connectivity index (χ1) is 21.4. The zero-order chi connectivity index (χ0) is 32.7. The lowest BCUT2D eigenvalue weighted by Crippen LogP contribution is -2.59. The average Bonchev–Trinajstić information content (AvgIpc) is 3.59. The van der Waals surface area contributed by atoms with E-state index in [0.717, 1.165) is 16.8 Å². The van der Waals surface area contributed by atoms with Crippen LogP contribution >= 0.6 is 0 Å². The van der Waals surface area contributed by atoms with Gasteiger partial charge in [0, 0.05) is 24.5 Å². The summed E-state index contributed by atoms with van der Waals surface area (Å²) in [6, 6.07) is 13.7. The van der Waals surface area contributed by atoms with Gasteiger partial charge >= 0.3 is 0 Å². The highest BCUT2D eigenvalue weighted by Gasteiger charge is 2.79. The number of aliphatic hydroxyl groups excluding tert-OH is 1. The summed E-state index contributed by atoms with van der Waals surface area (Å²) in [6.07, 6.45) is 4.84. The predicted octanol–water partition coefficient (Wildman–Crippen LogP) is 5.21. The molecule has 0 radical (unpaired) electrons. The number of ether oxygens (including phenoxy) is 1. The second-order valence-electron chi connectivity index (χ2n) is 13.5. The van der Waals surface area contributed by atoms with E-state index in [1.165, 1.54) is 0 Å². The summed E-state index contributed by atoms with van der Waals surface area (Å²) in [5, 5.41) is 10.7. The SMILES string of the molecule is C=CCN(C(=O)[C@@H]1[C@H]2C(=O)N([C@@H](CO)CC(C)C)C(C(=O)N(CC=C)c3cc(C)ccc3C)C23CC[C@@]1(C)O3)c1ccccc1. The minimum Gasteiger partial charge on any atom is -0.394 e. The Morgan fingerprint density at radius 1 is 1.04 bits per heavy atom. The highest BCUT2D eigenvalue weighted by atomic mass is 16.5. The van der Waals surface area contributed by atoms with Crippen LogP contribution in [0.3, 0.4) is 0 Å². The molecule has 3 aliphatic heterocycles. The average molecular weight is 614 g/mol. The first-order valence-corrected chi connectivity index (χ1v) is 16.0. The van der Waals surface area contributed by atoms with Crippen LogP contribution in [0.15, 0.2) is 73.8 Å². The smallest absolute Gasteiger partial charge is 0.253 e. The Bertz CT molecular complexity index is 1470. The number of likely N-dealkylation sites (tertiary alicyclic amines) is 1. The first-order valence-electron chi connectivity index (χ1n) is 16.0. The second-order valence-corrected chi connectivity index (χ2v) is 13.5. The fourth-order valence-electron chi connectivity index (χ4n) is 8.05. The summed E-state index contributed by atoms with van der Waals surface area (Å²) in [5.74, 6) is -2.35. The van der Waals surface area contributed by atoms with E-state index in [1.54, 1.807) is 26.9 Å². The largest absolute Gasteiger partial charge is 0.394 e. The molecule has 2 bridgehead atoms. The minimum atomic E-state index is -1.22. The summed E-state index contributed by atoms with van der Waals surface area (Å²) < 4.78 is 6.93. The van der Waals surface area contributed by atoms with Crippen LogP contribution < -0.4 is 9.80 Å². The zero-order valence-electron chi connectivity index (χ0n) is 27.2. The predicted molar refractivity (Wildman–Crippen MR) is 177 cm³/mol. The molecule has 0 aliphatic carbocycles. The number of carbonyl (C=O) groups is 3. The molecule has 2 aromatic rings. The highest BCUT2D eigenvalue weighted by Crippen LogP contribution is 2.64. The van der Waals surface area contributed by atoms with E-state index in [1.807, 2.05) is 83.1 Å². The number of carbonyl (C=O) groups excluding carboxylic acids is 3. The normalized spacial score (nSPS) is 27.4. The molecule has 0 aromatic heterocycles. The Morgan fingerprint density at radius 3 is 2.33 bits per heavy atom. The number of aliphatic hydroxyl groups is 1. The molecule has 8 heteroatoms. The Hall–Kier alpha value is -3.75. The van der Waals surface area contributed by atoms with Gasteiger partial charge in [0.15, 0.2) is 0 Å². The van der Waals surface area contributed by atoms with Gasteiger partial charge in [-0.2, -0.15) is 0 Å². The van der Waals surface area contributed by atoms with E-state index >= 15 is 4.79 Å². The molecule has 3 heterocycles. The Kier molecular flexibility index (Phi) is 9.11. The maximum absolute atomic E-state index is 15.0. The number of anilines is 2. The number of nitrogens with zero attached hydrogens (tertiary/aromatic N) is 3. The quantitative estimate of drug-likeness (QED) is 0.332. The van der Waals surface area contributed by atoms with Crippen LogP contribution in [-0.4, -0.2) is 70.7 Å².